The van der Waals surface area contributed by atoms with Gasteiger partial charge in [0.2, 0.25) is 0 Å². The van der Waals surface area contributed by atoms with Crippen LogP contribution < -0.4 is 0 Å². The minimum Gasteiger partial charge on any atom is -0.388 e. The van der Waals surface area contributed by atoms with Gasteiger partial charge in [-0.1, -0.05) is 19.9 Å². The topological polar surface area (TPSA) is 32.6 Å². The Kier molecular flexibility index (Phi) is 2.54. The quantitative estimate of drug-likeness (QED) is 0.674. The Labute approximate surface area is 134 Å². The number of aliphatic hydroxyl groups is 1. The summed E-state index contributed by atoms with van der Waals surface area (Å²) in [7, 11) is 0. The molecule has 0 aromatic heterocycles. The zero-order valence-corrected chi connectivity index (χ0v) is 13.9. The van der Waals surface area contributed by atoms with E-state index >= 15 is 0 Å². The van der Waals surface area contributed by atoms with E-state index in [9.17, 15) is 5.11 Å². The molecule has 0 amide bonds. The Hall–Kier alpha value is -0.630. The highest BCUT2D eigenvalue weighted by Crippen LogP contribution is 2.72. The Balaban J connectivity index is 1.66. The van der Waals surface area contributed by atoms with E-state index < -0.39 is 0 Å². The fraction of sp³-hybridized carbons (Fsp3) is 0.850. The normalized spacial score (nSPS) is 59.1. The standard InChI is InChI=1S/C20H29NO/c1-13-14-4-8-19(17(13)22)9-5-15-18(2)6-3-7-20(15,12-21-11-18)16(19)10-14/h12,14-17,22H,1,3-11H2,2H3/t14-,15+,16+,17+,18+,19-,20-/m0/s1. The van der Waals surface area contributed by atoms with Gasteiger partial charge in [0.15, 0.2) is 0 Å². The van der Waals surface area contributed by atoms with Crippen LogP contribution in [0.3, 0.4) is 0 Å². The molecule has 4 bridgehead atoms. The summed E-state index contributed by atoms with van der Waals surface area (Å²) in [5, 5.41) is 11.1. The van der Waals surface area contributed by atoms with Crippen molar-refractivity contribution in [1.29, 1.82) is 0 Å². The van der Waals surface area contributed by atoms with Gasteiger partial charge in [0.05, 0.1) is 6.10 Å². The van der Waals surface area contributed by atoms with Crippen LogP contribution in [0, 0.1) is 34.0 Å². The maximum atomic E-state index is 11.1. The Morgan fingerprint density at radius 1 is 1.18 bits per heavy atom. The minimum atomic E-state index is -0.246. The van der Waals surface area contributed by atoms with Gasteiger partial charge in [0, 0.05) is 23.6 Å². The molecule has 22 heavy (non-hydrogen) atoms. The molecule has 0 aromatic carbocycles. The second-order valence-corrected chi connectivity index (χ2v) is 9.42. The summed E-state index contributed by atoms with van der Waals surface area (Å²) in [5.41, 5.74) is 2.00. The number of rotatable bonds is 0. The van der Waals surface area contributed by atoms with E-state index in [2.05, 4.69) is 19.7 Å². The van der Waals surface area contributed by atoms with Crippen LogP contribution in [-0.2, 0) is 0 Å². The van der Waals surface area contributed by atoms with Crippen molar-refractivity contribution in [3.8, 4) is 0 Å². The van der Waals surface area contributed by atoms with Crippen molar-refractivity contribution < 1.29 is 5.11 Å². The summed E-state index contributed by atoms with van der Waals surface area (Å²) >= 11 is 0. The van der Waals surface area contributed by atoms with Crippen molar-refractivity contribution >= 4 is 6.21 Å². The molecular weight excluding hydrogens is 270 g/mol. The van der Waals surface area contributed by atoms with Gasteiger partial charge in [0.25, 0.3) is 0 Å². The van der Waals surface area contributed by atoms with Crippen LogP contribution in [0.1, 0.15) is 58.3 Å². The third-order valence-electron chi connectivity index (χ3n) is 8.77. The lowest BCUT2D eigenvalue weighted by atomic mass is 9.35. The van der Waals surface area contributed by atoms with E-state index in [-0.39, 0.29) is 11.5 Å². The largest absolute Gasteiger partial charge is 0.388 e. The first-order valence-electron chi connectivity index (χ1n) is 9.40. The first-order valence-corrected chi connectivity index (χ1v) is 9.40. The van der Waals surface area contributed by atoms with Crippen LogP contribution in [-0.4, -0.2) is 24.0 Å². The van der Waals surface area contributed by atoms with Crippen LogP contribution in [0.5, 0.6) is 0 Å². The Bertz CT molecular complexity index is 568. The maximum Gasteiger partial charge on any atom is 0.0809 e. The highest BCUT2D eigenvalue weighted by atomic mass is 16.3. The summed E-state index contributed by atoms with van der Waals surface area (Å²) in [6.45, 7) is 7.81. The smallest absolute Gasteiger partial charge is 0.0809 e. The number of hydrogen-bond acceptors (Lipinski definition) is 2. The van der Waals surface area contributed by atoms with Crippen molar-refractivity contribution in [3.63, 3.8) is 0 Å². The van der Waals surface area contributed by atoms with E-state index in [4.69, 9.17) is 4.99 Å². The molecule has 0 radical (unpaired) electrons. The lowest BCUT2D eigenvalue weighted by Crippen LogP contribution is -2.66. The fourth-order valence-corrected chi connectivity index (χ4v) is 7.80. The van der Waals surface area contributed by atoms with E-state index in [1.54, 1.807) is 0 Å². The highest BCUT2D eigenvalue weighted by molar-refractivity contribution is 5.70. The lowest BCUT2D eigenvalue weighted by molar-refractivity contribution is -0.185. The molecule has 6 rings (SSSR count). The molecule has 2 heteroatoms. The Morgan fingerprint density at radius 3 is 2.86 bits per heavy atom. The molecule has 0 aromatic rings. The molecule has 1 heterocycles. The van der Waals surface area contributed by atoms with E-state index in [1.807, 2.05) is 0 Å². The van der Waals surface area contributed by atoms with Gasteiger partial charge in [-0.05, 0) is 73.7 Å². The van der Waals surface area contributed by atoms with Crippen molar-refractivity contribution in [2.45, 2.75) is 64.4 Å². The molecule has 5 aliphatic carbocycles. The zero-order valence-electron chi connectivity index (χ0n) is 13.9. The number of nitrogens with zero attached hydrogens (tertiary/aromatic N) is 1. The molecule has 1 N–H and O–H groups in total. The average molecular weight is 299 g/mol. The highest BCUT2D eigenvalue weighted by Gasteiger charge is 2.68. The molecule has 5 saturated carbocycles. The predicted octanol–water partition coefficient (Wildman–Crippen LogP) is 3.99. The molecule has 0 unspecified atom stereocenters. The fourth-order valence-electron chi connectivity index (χ4n) is 7.80. The van der Waals surface area contributed by atoms with E-state index in [1.165, 1.54) is 51.4 Å². The van der Waals surface area contributed by atoms with Crippen LogP contribution in [0.4, 0.5) is 0 Å². The molecular formula is C20H29NO. The van der Waals surface area contributed by atoms with E-state index in [0.29, 0.717) is 22.7 Å². The Morgan fingerprint density at radius 2 is 2.00 bits per heavy atom. The van der Waals surface area contributed by atoms with Crippen molar-refractivity contribution in [1.82, 2.24) is 0 Å². The minimum absolute atomic E-state index is 0.129. The zero-order chi connectivity index (χ0) is 15.2. The average Bonchev–Trinajstić information content (AvgIpc) is 2.50. The molecule has 7 atom stereocenters. The second-order valence-electron chi connectivity index (χ2n) is 9.42. The lowest BCUT2D eigenvalue weighted by Gasteiger charge is -2.70. The van der Waals surface area contributed by atoms with Crippen LogP contribution in [0.2, 0.25) is 0 Å². The van der Waals surface area contributed by atoms with Gasteiger partial charge >= 0.3 is 0 Å². The first-order chi connectivity index (χ1) is 10.5. The molecule has 1 spiro atoms. The van der Waals surface area contributed by atoms with Crippen molar-refractivity contribution in [2.24, 2.45) is 39.0 Å². The second kappa shape index (κ2) is 4.06. The number of hydrogen-bond donors (Lipinski definition) is 1. The third kappa shape index (κ3) is 1.36. The van der Waals surface area contributed by atoms with Gasteiger partial charge in [-0.2, -0.15) is 0 Å². The summed E-state index contributed by atoms with van der Waals surface area (Å²) in [5.74, 6) is 2.03. The number of aliphatic hydroxyl groups excluding tert-OH is 1. The maximum absolute atomic E-state index is 11.1. The summed E-state index contributed by atoms with van der Waals surface area (Å²) in [6.07, 6.45) is 12.5. The van der Waals surface area contributed by atoms with E-state index in [0.717, 1.165) is 18.0 Å². The number of fused-ring (bicyclic) bond motifs is 2. The predicted molar refractivity (Wildman–Crippen MR) is 88.9 cm³/mol. The van der Waals surface area contributed by atoms with Gasteiger partial charge in [-0.25, -0.2) is 0 Å². The summed E-state index contributed by atoms with van der Waals surface area (Å²) < 4.78 is 0. The first kappa shape index (κ1) is 13.8. The third-order valence-corrected chi connectivity index (χ3v) is 8.77. The molecule has 2 nitrogen and oxygen atoms in total. The van der Waals surface area contributed by atoms with Gasteiger partial charge in [0.1, 0.15) is 0 Å². The van der Waals surface area contributed by atoms with Crippen molar-refractivity contribution in [2.75, 3.05) is 6.54 Å². The van der Waals surface area contributed by atoms with Crippen LogP contribution in [0.25, 0.3) is 0 Å². The SMILES string of the molecule is C=C1[C@H]2CC[C@@]3(CC[C@@H]4[C@]5(C)CCC[C@@]4(C=NC5)[C@@H]3C2)[C@@H]1O. The van der Waals surface area contributed by atoms with Gasteiger partial charge in [-0.3, -0.25) is 4.99 Å². The van der Waals surface area contributed by atoms with Crippen LogP contribution in [0.15, 0.2) is 17.1 Å². The monoisotopic (exact) mass is 299 g/mol. The molecule has 6 aliphatic rings. The van der Waals surface area contributed by atoms with Gasteiger partial charge < -0.3 is 5.11 Å². The van der Waals surface area contributed by atoms with Crippen molar-refractivity contribution in [3.05, 3.63) is 12.2 Å². The number of aliphatic imine (C=N–C) groups is 1. The van der Waals surface area contributed by atoms with Crippen LogP contribution >= 0.6 is 0 Å². The molecule has 1 aliphatic heterocycles. The molecule has 120 valence electrons. The van der Waals surface area contributed by atoms with Gasteiger partial charge in [-0.15, -0.1) is 0 Å². The summed E-state index contributed by atoms with van der Waals surface area (Å²) in [4.78, 5) is 4.89. The molecule has 5 fully saturated rings. The summed E-state index contributed by atoms with van der Waals surface area (Å²) in [6, 6.07) is 0. The molecule has 0 saturated heterocycles.